The van der Waals surface area contributed by atoms with Gasteiger partial charge in [-0.15, -0.1) is 0 Å². The van der Waals surface area contributed by atoms with Crippen LogP contribution < -0.4 is 26.4 Å². The number of nitrogens with two attached hydrogens (primary N) is 2. The fraction of sp³-hybridized carbons (Fsp3) is 0.565. The summed E-state index contributed by atoms with van der Waals surface area (Å²) in [6, 6.07) is 4.14. The molecular weight excluding hydrogens is 452 g/mol. The zero-order chi connectivity index (χ0) is 24.1. The van der Waals surface area contributed by atoms with E-state index in [9.17, 15) is 4.79 Å². The summed E-state index contributed by atoms with van der Waals surface area (Å²) in [5.41, 5.74) is 13.3. The number of pyridine rings is 1. The third-order valence-corrected chi connectivity index (χ3v) is 7.00. The predicted octanol–water partition coefficient (Wildman–Crippen LogP) is 1.63. The summed E-state index contributed by atoms with van der Waals surface area (Å²) >= 11 is 1.41. The molecule has 2 fully saturated rings. The van der Waals surface area contributed by atoms with Crippen LogP contribution in [0.3, 0.4) is 0 Å². The summed E-state index contributed by atoms with van der Waals surface area (Å²) < 4.78 is 6.54. The molecule has 2 aliphatic rings. The van der Waals surface area contributed by atoms with E-state index in [-0.39, 0.29) is 30.5 Å². The van der Waals surface area contributed by atoms with Gasteiger partial charge in [0.2, 0.25) is 11.9 Å². The molecule has 2 aromatic rings. The van der Waals surface area contributed by atoms with E-state index in [1.54, 1.807) is 0 Å². The van der Waals surface area contributed by atoms with Gasteiger partial charge in [0.15, 0.2) is 0 Å². The number of carbonyl (C=O) groups is 1. The molecule has 0 bridgehead atoms. The standard InChI is InChI=1S/C23H34N8O2S/c1-15-11-22(29-23(27-15)28-20(32)13-24)34-21-12-19(33-17-5-3-16(25)4-6-17)18(14-26-21)31-9-7-30(2)8-10-31/h11-12,14,16-17H,3-10,13,24-25H2,1-2H3,(H,27,28,29,32). The molecule has 34 heavy (non-hydrogen) atoms. The number of likely N-dealkylation sites (N-methyl/N-ethyl adjacent to an activating group) is 1. The first-order chi connectivity index (χ1) is 16.4. The van der Waals surface area contributed by atoms with Crippen molar-refractivity contribution in [2.75, 3.05) is 50.0 Å². The first kappa shape index (κ1) is 24.6. The van der Waals surface area contributed by atoms with Crippen LogP contribution in [-0.2, 0) is 4.79 Å². The van der Waals surface area contributed by atoms with Crippen molar-refractivity contribution < 1.29 is 9.53 Å². The van der Waals surface area contributed by atoms with E-state index >= 15 is 0 Å². The van der Waals surface area contributed by atoms with E-state index in [0.29, 0.717) is 5.03 Å². The number of hydrogen-bond acceptors (Lipinski definition) is 10. The van der Waals surface area contributed by atoms with Crippen LogP contribution >= 0.6 is 11.8 Å². The molecule has 0 atom stereocenters. The molecular formula is C23H34N8O2S. The molecule has 2 aromatic heterocycles. The molecule has 0 spiro atoms. The number of anilines is 2. The second kappa shape index (κ2) is 11.3. The maximum absolute atomic E-state index is 11.7. The highest BCUT2D eigenvalue weighted by Gasteiger charge is 2.24. The van der Waals surface area contributed by atoms with Crippen molar-refractivity contribution in [1.82, 2.24) is 19.9 Å². The third-order valence-electron chi connectivity index (χ3n) is 6.15. The number of rotatable bonds is 7. The van der Waals surface area contributed by atoms with Gasteiger partial charge in [-0.2, -0.15) is 0 Å². The number of hydrogen-bond donors (Lipinski definition) is 3. The normalized spacial score (nSPS) is 21.4. The van der Waals surface area contributed by atoms with E-state index < -0.39 is 0 Å². The Morgan fingerprint density at radius 3 is 2.59 bits per heavy atom. The van der Waals surface area contributed by atoms with Gasteiger partial charge in [-0.1, -0.05) is 0 Å². The Kier molecular flexibility index (Phi) is 8.19. The molecule has 1 saturated carbocycles. The molecule has 0 aromatic carbocycles. The Bertz CT molecular complexity index is 991. The highest BCUT2D eigenvalue weighted by atomic mass is 32.2. The SMILES string of the molecule is Cc1cc(Sc2cc(OC3CCC(N)CC3)c(N3CCN(C)CC3)cn2)nc(NC(=O)CN)n1. The Labute approximate surface area is 204 Å². The van der Waals surface area contributed by atoms with Gasteiger partial charge >= 0.3 is 0 Å². The predicted molar refractivity (Wildman–Crippen MR) is 133 cm³/mol. The molecule has 5 N–H and O–H groups in total. The first-order valence-electron chi connectivity index (χ1n) is 11.8. The fourth-order valence-corrected chi connectivity index (χ4v) is 5.01. The van der Waals surface area contributed by atoms with Crippen LogP contribution in [0.25, 0.3) is 0 Å². The molecule has 0 unspecified atom stereocenters. The lowest BCUT2D eigenvalue weighted by Gasteiger charge is -2.35. The number of piperazine rings is 1. The molecule has 1 aliphatic heterocycles. The highest BCUT2D eigenvalue weighted by Crippen LogP contribution is 2.36. The smallest absolute Gasteiger partial charge is 0.240 e. The summed E-state index contributed by atoms with van der Waals surface area (Å²) in [5, 5.41) is 4.08. The quantitative estimate of drug-likeness (QED) is 0.495. The molecule has 184 valence electrons. The minimum atomic E-state index is -0.334. The van der Waals surface area contributed by atoms with E-state index in [2.05, 4.69) is 32.1 Å². The maximum Gasteiger partial charge on any atom is 0.240 e. The van der Waals surface area contributed by atoms with Gasteiger partial charge in [0.05, 0.1) is 24.5 Å². The van der Waals surface area contributed by atoms with E-state index in [1.807, 2.05) is 25.3 Å². The monoisotopic (exact) mass is 486 g/mol. The number of amides is 1. The minimum Gasteiger partial charge on any atom is -0.488 e. The average Bonchev–Trinajstić information content (AvgIpc) is 2.81. The van der Waals surface area contributed by atoms with Gasteiger partial charge < -0.3 is 26.0 Å². The minimum absolute atomic E-state index is 0.123. The van der Waals surface area contributed by atoms with Crippen molar-refractivity contribution in [2.24, 2.45) is 11.5 Å². The van der Waals surface area contributed by atoms with Crippen LogP contribution in [0.1, 0.15) is 31.4 Å². The van der Waals surface area contributed by atoms with Crippen molar-refractivity contribution >= 4 is 29.3 Å². The van der Waals surface area contributed by atoms with Crippen LogP contribution in [0.2, 0.25) is 0 Å². The topological polar surface area (TPSA) is 136 Å². The van der Waals surface area contributed by atoms with E-state index in [4.69, 9.17) is 21.2 Å². The first-order valence-corrected chi connectivity index (χ1v) is 12.6. The molecule has 1 amide bonds. The van der Waals surface area contributed by atoms with Crippen LogP contribution in [0.5, 0.6) is 5.75 Å². The Hall–Kier alpha value is -2.47. The van der Waals surface area contributed by atoms with Gasteiger partial charge in [-0.25, -0.2) is 15.0 Å². The number of aromatic nitrogens is 3. The number of nitrogens with one attached hydrogen (secondary N) is 1. The van der Waals surface area contributed by atoms with Crippen LogP contribution in [0.4, 0.5) is 11.6 Å². The number of nitrogens with zero attached hydrogens (tertiary/aromatic N) is 5. The Balaban J connectivity index is 1.56. The zero-order valence-electron chi connectivity index (χ0n) is 19.9. The van der Waals surface area contributed by atoms with Gasteiger partial charge in [0.25, 0.3) is 0 Å². The van der Waals surface area contributed by atoms with Crippen molar-refractivity contribution in [3.8, 4) is 5.75 Å². The summed E-state index contributed by atoms with van der Waals surface area (Å²) in [7, 11) is 2.14. The second-order valence-electron chi connectivity index (χ2n) is 8.96. The average molecular weight is 487 g/mol. The van der Waals surface area contributed by atoms with Crippen LogP contribution in [-0.4, -0.2) is 77.7 Å². The van der Waals surface area contributed by atoms with Gasteiger partial charge in [-0.3, -0.25) is 10.1 Å². The molecule has 4 rings (SSSR count). The number of carbonyl (C=O) groups excluding carboxylic acids is 1. The summed E-state index contributed by atoms with van der Waals surface area (Å²) in [6.07, 6.45) is 5.96. The molecule has 1 aliphatic carbocycles. The lowest BCUT2D eigenvalue weighted by Crippen LogP contribution is -2.44. The van der Waals surface area contributed by atoms with Crippen molar-refractivity contribution in [2.45, 2.75) is 54.8 Å². The fourth-order valence-electron chi connectivity index (χ4n) is 4.16. The second-order valence-corrected chi connectivity index (χ2v) is 10.0. The Morgan fingerprint density at radius 2 is 1.88 bits per heavy atom. The van der Waals surface area contributed by atoms with Gasteiger partial charge in [0, 0.05) is 44.0 Å². The molecule has 1 saturated heterocycles. The van der Waals surface area contributed by atoms with Gasteiger partial charge in [-0.05, 0) is 57.5 Å². The number of aryl methyl sites for hydroxylation is 1. The van der Waals surface area contributed by atoms with Gasteiger partial charge in [0.1, 0.15) is 15.8 Å². The molecule has 10 nitrogen and oxygen atoms in total. The summed E-state index contributed by atoms with van der Waals surface area (Å²) in [6.45, 7) is 5.62. The lowest BCUT2D eigenvalue weighted by atomic mass is 9.94. The zero-order valence-corrected chi connectivity index (χ0v) is 20.7. The molecule has 11 heteroatoms. The summed E-state index contributed by atoms with van der Waals surface area (Å²) in [4.78, 5) is 29.8. The van der Waals surface area contributed by atoms with Crippen molar-refractivity contribution in [1.29, 1.82) is 0 Å². The molecule has 0 radical (unpaired) electrons. The third kappa shape index (κ3) is 6.56. The van der Waals surface area contributed by atoms with E-state index in [0.717, 1.165) is 74.0 Å². The van der Waals surface area contributed by atoms with Crippen LogP contribution in [0, 0.1) is 6.92 Å². The summed E-state index contributed by atoms with van der Waals surface area (Å²) in [5.74, 6) is 0.756. The van der Waals surface area contributed by atoms with E-state index in [1.165, 1.54) is 11.8 Å². The lowest BCUT2D eigenvalue weighted by molar-refractivity contribution is -0.114. The highest BCUT2D eigenvalue weighted by molar-refractivity contribution is 7.99. The molecule has 3 heterocycles. The largest absolute Gasteiger partial charge is 0.488 e. The van der Waals surface area contributed by atoms with Crippen molar-refractivity contribution in [3.05, 3.63) is 24.0 Å². The Morgan fingerprint density at radius 1 is 1.15 bits per heavy atom. The van der Waals surface area contributed by atoms with Crippen LogP contribution in [0.15, 0.2) is 28.4 Å². The maximum atomic E-state index is 11.7. The van der Waals surface area contributed by atoms with Crippen molar-refractivity contribution in [3.63, 3.8) is 0 Å². The number of ether oxygens (including phenoxy) is 1.